The van der Waals surface area contributed by atoms with Gasteiger partial charge in [-0.25, -0.2) is 4.39 Å². The molecule has 0 saturated heterocycles. The molecule has 0 spiro atoms. The maximum Gasteiger partial charge on any atom is 0.146 e. The summed E-state index contributed by atoms with van der Waals surface area (Å²) in [7, 11) is 0. The third kappa shape index (κ3) is 2.61. The molecule has 0 aliphatic rings. The molecule has 4 heteroatoms. The van der Waals surface area contributed by atoms with Gasteiger partial charge in [0.05, 0.1) is 10.6 Å². The van der Waals surface area contributed by atoms with Crippen molar-refractivity contribution < 1.29 is 9.13 Å². The molecule has 0 N–H and O–H groups in total. The molecular formula is C14H9ClFNO. The number of rotatable bonds is 2. The normalized spacial score (nSPS) is 9.89. The average molecular weight is 262 g/mol. The van der Waals surface area contributed by atoms with Crippen LogP contribution in [0.1, 0.15) is 11.1 Å². The average Bonchev–Trinajstić information content (AvgIpc) is 2.33. The molecular weight excluding hydrogens is 253 g/mol. The predicted octanol–water partition coefficient (Wildman–Crippen LogP) is 4.45. The number of hydrogen-bond acceptors (Lipinski definition) is 2. The van der Waals surface area contributed by atoms with Crippen molar-refractivity contribution in [2.75, 3.05) is 0 Å². The summed E-state index contributed by atoms with van der Waals surface area (Å²) >= 11 is 5.87. The van der Waals surface area contributed by atoms with E-state index < -0.39 is 5.82 Å². The highest BCUT2D eigenvalue weighted by Crippen LogP contribution is 2.31. The van der Waals surface area contributed by atoms with Gasteiger partial charge in [-0.3, -0.25) is 0 Å². The van der Waals surface area contributed by atoms with Crippen molar-refractivity contribution in [1.29, 1.82) is 5.26 Å². The molecule has 0 aromatic heterocycles. The number of aryl methyl sites for hydroxylation is 1. The van der Waals surface area contributed by atoms with Gasteiger partial charge in [-0.1, -0.05) is 17.7 Å². The van der Waals surface area contributed by atoms with E-state index in [1.165, 1.54) is 18.2 Å². The smallest absolute Gasteiger partial charge is 0.146 e. The van der Waals surface area contributed by atoms with Crippen molar-refractivity contribution in [3.05, 3.63) is 58.4 Å². The van der Waals surface area contributed by atoms with E-state index >= 15 is 0 Å². The van der Waals surface area contributed by atoms with Gasteiger partial charge in [0.25, 0.3) is 0 Å². The Kier molecular flexibility index (Phi) is 3.50. The van der Waals surface area contributed by atoms with Crippen molar-refractivity contribution in [2.45, 2.75) is 6.92 Å². The first-order valence-electron chi connectivity index (χ1n) is 5.24. The second-order valence-corrected chi connectivity index (χ2v) is 4.20. The third-order valence-electron chi connectivity index (χ3n) is 2.37. The molecule has 0 aliphatic heterocycles. The van der Waals surface area contributed by atoms with Gasteiger partial charge in [0.15, 0.2) is 0 Å². The fourth-order valence-electron chi connectivity index (χ4n) is 1.48. The standard InChI is InChI=1S/C14H9ClFNO/c1-9-2-3-10(8-17)14(6-9)18-13-5-4-11(16)7-12(13)15/h2-7H,1H3. The SMILES string of the molecule is Cc1ccc(C#N)c(Oc2ccc(F)cc2Cl)c1. The molecule has 0 amide bonds. The highest BCUT2D eigenvalue weighted by molar-refractivity contribution is 6.32. The fourth-order valence-corrected chi connectivity index (χ4v) is 1.69. The Bertz CT molecular complexity index is 634. The van der Waals surface area contributed by atoms with Crippen LogP contribution in [0.25, 0.3) is 0 Å². The van der Waals surface area contributed by atoms with Gasteiger partial charge < -0.3 is 4.74 Å². The van der Waals surface area contributed by atoms with Crippen molar-refractivity contribution in [3.63, 3.8) is 0 Å². The second-order valence-electron chi connectivity index (χ2n) is 3.79. The van der Waals surface area contributed by atoms with Crippen LogP contribution in [-0.4, -0.2) is 0 Å². The Morgan fingerprint density at radius 1 is 1.17 bits per heavy atom. The van der Waals surface area contributed by atoms with Gasteiger partial charge in [-0.15, -0.1) is 0 Å². The molecule has 2 nitrogen and oxygen atoms in total. The molecule has 0 atom stereocenters. The Morgan fingerprint density at radius 2 is 1.94 bits per heavy atom. The maximum atomic E-state index is 12.9. The van der Waals surface area contributed by atoms with Crippen LogP contribution in [0.5, 0.6) is 11.5 Å². The minimum atomic E-state index is -0.433. The predicted molar refractivity (Wildman–Crippen MR) is 67.4 cm³/mol. The number of nitrogens with zero attached hydrogens (tertiary/aromatic N) is 1. The number of hydrogen-bond donors (Lipinski definition) is 0. The minimum absolute atomic E-state index is 0.167. The summed E-state index contributed by atoms with van der Waals surface area (Å²) in [4.78, 5) is 0. The Hall–Kier alpha value is -2.05. The van der Waals surface area contributed by atoms with Crippen molar-refractivity contribution in [1.82, 2.24) is 0 Å². The van der Waals surface area contributed by atoms with Crippen LogP contribution in [0.15, 0.2) is 36.4 Å². The molecule has 18 heavy (non-hydrogen) atoms. The van der Waals surface area contributed by atoms with Crippen LogP contribution in [0.2, 0.25) is 5.02 Å². The Morgan fingerprint density at radius 3 is 2.61 bits per heavy atom. The molecule has 2 aromatic carbocycles. The number of halogens is 2. The first-order chi connectivity index (χ1) is 8.60. The molecule has 0 saturated carbocycles. The summed E-state index contributed by atoms with van der Waals surface area (Å²) in [5.74, 6) is 0.295. The number of benzene rings is 2. The number of nitriles is 1. The summed E-state index contributed by atoms with van der Waals surface area (Å²) in [6, 6.07) is 11.1. The van der Waals surface area contributed by atoms with E-state index in [2.05, 4.69) is 0 Å². The zero-order valence-electron chi connectivity index (χ0n) is 9.58. The van der Waals surface area contributed by atoms with Crippen LogP contribution >= 0.6 is 11.6 Å². The van der Waals surface area contributed by atoms with Crippen LogP contribution in [0.3, 0.4) is 0 Å². The van der Waals surface area contributed by atoms with E-state index in [9.17, 15) is 4.39 Å². The minimum Gasteiger partial charge on any atom is -0.454 e. The van der Waals surface area contributed by atoms with E-state index in [-0.39, 0.29) is 5.02 Å². The van der Waals surface area contributed by atoms with Crippen LogP contribution in [0, 0.1) is 24.1 Å². The highest BCUT2D eigenvalue weighted by Gasteiger charge is 2.08. The van der Waals surface area contributed by atoms with Gasteiger partial charge in [-0.05, 0) is 42.8 Å². The first-order valence-corrected chi connectivity index (χ1v) is 5.61. The van der Waals surface area contributed by atoms with E-state index in [0.717, 1.165) is 5.56 Å². The van der Waals surface area contributed by atoms with E-state index in [1.54, 1.807) is 12.1 Å². The zero-order chi connectivity index (χ0) is 13.1. The lowest BCUT2D eigenvalue weighted by Crippen LogP contribution is -1.90. The largest absolute Gasteiger partial charge is 0.454 e. The molecule has 2 aromatic rings. The molecule has 0 radical (unpaired) electrons. The Labute approximate surface area is 109 Å². The molecule has 0 unspecified atom stereocenters. The third-order valence-corrected chi connectivity index (χ3v) is 2.67. The lowest BCUT2D eigenvalue weighted by molar-refractivity contribution is 0.479. The lowest BCUT2D eigenvalue weighted by atomic mass is 10.1. The van der Waals surface area contributed by atoms with E-state index in [0.29, 0.717) is 17.1 Å². The lowest BCUT2D eigenvalue weighted by Gasteiger charge is -2.09. The Balaban J connectivity index is 2.40. The topological polar surface area (TPSA) is 33.0 Å². The van der Waals surface area contributed by atoms with E-state index in [4.69, 9.17) is 21.6 Å². The van der Waals surface area contributed by atoms with Crippen LogP contribution in [-0.2, 0) is 0 Å². The first kappa shape index (κ1) is 12.4. The van der Waals surface area contributed by atoms with Crippen LogP contribution in [0.4, 0.5) is 4.39 Å². The quantitative estimate of drug-likeness (QED) is 0.800. The van der Waals surface area contributed by atoms with Gasteiger partial charge in [0.1, 0.15) is 23.4 Å². The van der Waals surface area contributed by atoms with Gasteiger partial charge in [0, 0.05) is 0 Å². The van der Waals surface area contributed by atoms with E-state index in [1.807, 2.05) is 19.1 Å². The molecule has 0 heterocycles. The molecule has 0 aliphatic carbocycles. The summed E-state index contributed by atoms with van der Waals surface area (Å²) in [5, 5.41) is 9.14. The number of ether oxygens (including phenoxy) is 1. The monoisotopic (exact) mass is 261 g/mol. The van der Waals surface area contributed by atoms with Crippen molar-refractivity contribution >= 4 is 11.6 Å². The summed E-state index contributed by atoms with van der Waals surface area (Å²) in [6.45, 7) is 1.89. The van der Waals surface area contributed by atoms with Gasteiger partial charge in [-0.2, -0.15) is 5.26 Å². The van der Waals surface area contributed by atoms with Gasteiger partial charge in [0.2, 0.25) is 0 Å². The molecule has 0 bridgehead atoms. The van der Waals surface area contributed by atoms with Crippen molar-refractivity contribution in [2.24, 2.45) is 0 Å². The maximum absolute atomic E-state index is 12.9. The molecule has 0 fully saturated rings. The zero-order valence-corrected chi connectivity index (χ0v) is 10.3. The van der Waals surface area contributed by atoms with Gasteiger partial charge >= 0.3 is 0 Å². The van der Waals surface area contributed by atoms with Crippen LogP contribution < -0.4 is 4.74 Å². The summed E-state index contributed by atoms with van der Waals surface area (Å²) in [5.41, 5.74) is 1.36. The molecule has 2 rings (SSSR count). The summed E-state index contributed by atoms with van der Waals surface area (Å²) in [6.07, 6.45) is 0. The summed E-state index contributed by atoms with van der Waals surface area (Å²) < 4.78 is 18.4. The molecule has 90 valence electrons. The fraction of sp³-hybridized carbons (Fsp3) is 0.0714. The highest BCUT2D eigenvalue weighted by atomic mass is 35.5. The van der Waals surface area contributed by atoms with Crippen molar-refractivity contribution in [3.8, 4) is 17.6 Å². The second kappa shape index (κ2) is 5.07.